The van der Waals surface area contributed by atoms with Crippen LogP contribution in [0.2, 0.25) is 0 Å². The average Bonchev–Trinajstić information content (AvgIpc) is 3.35. The van der Waals surface area contributed by atoms with Gasteiger partial charge >= 0.3 is 6.09 Å². The number of halogens is 1. The van der Waals surface area contributed by atoms with Crippen LogP contribution in [0.5, 0.6) is 5.75 Å². The van der Waals surface area contributed by atoms with Gasteiger partial charge in [-0.2, -0.15) is 9.98 Å². The molecule has 0 bridgehead atoms. The van der Waals surface area contributed by atoms with Crippen LogP contribution >= 0.6 is 11.8 Å². The lowest BCUT2D eigenvalue weighted by Gasteiger charge is -2.28. The molecular weight excluding hydrogens is 533 g/mol. The Kier molecular flexibility index (Phi) is 10.6. The van der Waals surface area contributed by atoms with E-state index in [9.17, 15) is 4.79 Å². The SMILES string of the molecule is CCc1cc(OCC(C)(C)CN(C)C)c(F)c(C(=Nc2ccc(-c3noc(C)n3)cc2)/C(=N/C(=O)OC)SC)c1. The quantitative estimate of drug-likeness (QED) is 0.205. The summed E-state index contributed by atoms with van der Waals surface area (Å²) in [6.07, 6.45) is 1.57. The van der Waals surface area contributed by atoms with Crippen LogP contribution in [0, 0.1) is 18.2 Å². The Labute approximate surface area is 238 Å². The number of thioether (sulfide) groups is 1. The molecule has 3 rings (SSSR count). The molecule has 214 valence electrons. The Hall–Kier alpha value is -3.57. The van der Waals surface area contributed by atoms with Gasteiger partial charge in [0.2, 0.25) is 11.7 Å². The van der Waals surface area contributed by atoms with Gasteiger partial charge in [0.15, 0.2) is 11.6 Å². The Morgan fingerprint density at radius 3 is 2.45 bits per heavy atom. The Balaban J connectivity index is 2.12. The van der Waals surface area contributed by atoms with Crippen LogP contribution in [0.25, 0.3) is 11.4 Å². The van der Waals surface area contributed by atoms with Gasteiger partial charge in [-0.05, 0) is 68.7 Å². The van der Waals surface area contributed by atoms with E-state index in [4.69, 9.17) is 19.0 Å². The number of amides is 1. The standard InChI is InChI=1S/C29H36FN5O4S/c1-9-19-14-22(24(30)23(15-19)38-17-29(3,4)16-35(5)6)25(27(40-8)33-28(36)37-7)32-21-12-10-20(11-13-21)26-31-18(2)39-34-26/h10-15H,9,16-17H2,1-8H3/b32-25?,33-27-. The van der Waals surface area contributed by atoms with E-state index in [0.29, 0.717) is 30.4 Å². The summed E-state index contributed by atoms with van der Waals surface area (Å²) in [7, 11) is 5.21. The van der Waals surface area contributed by atoms with E-state index < -0.39 is 11.9 Å². The molecule has 1 heterocycles. The molecule has 0 atom stereocenters. The van der Waals surface area contributed by atoms with Gasteiger partial charge in [0.1, 0.15) is 10.8 Å². The monoisotopic (exact) mass is 569 g/mol. The largest absolute Gasteiger partial charge is 0.490 e. The van der Waals surface area contributed by atoms with Gasteiger partial charge in [-0.1, -0.05) is 25.9 Å². The molecule has 0 saturated heterocycles. The summed E-state index contributed by atoms with van der Waals surface area (Å²) in [5.41, 5.74) is 2.25. The molecule has 0 aliphatic carbocycles. The number of benzene rings is 2. The second-order valence-corrected chi connectivity index (χ2v) is 11.0. The number of hydrogen-bond acceptors (Lipinski definition) is 9. The number of aryl methyl sites for hydroxylation is 2. The van der Waals surface area contributed by atoms with Gasteiger partial charge in [0, 0.05) is 30.0 Å². The zero-order valence-corrected chi connectivity index (χ0v) is 25.1. The first-order valence-electron chi connectivity index (χ1n) is 12.8. The molecule has 2 aromatic carbocycles. The second-order valence-electron chi connectivity index (χ2n) is 10.2. The molecule has 11 heteroatoms. The van der Waals surface area contributed by atoms with Crippen LogP contribution in [0.1, 0.15) is 37.8 Å². The van der Waals surface area contributed by atoms with Crippen molar-refractivity contribution < 1.29 is 23.2 Å². The molecule has 0 saturated carbocycles. The number of aromatic nitrogens is 2. The minimum Gasteiger partial charge on any atom is -0.490 e. The van der Waals surface area contributed by atoms with Crippen LogP contribution in [-0.2, 0) is 11.2 Å². The Morgan fingerprint density at radius 1 is 1.20 bits per heavy atom. The summed E-state index contributed by atoms with van der Waals surface area (Å²) in [6, 6.07) is 10.5. The van der Waals surface area contributed by atoms with Gasteiger partial charge in [0.25, 0.3) is 0 Å². The molecule has 40 heavy (non-hydrogen) atoms. The first-order valence-corrected chi connectivity index (χ1v) is 14.0. The molecule has 0 fully saturated rings. The molecule has 1 aromatic heterocycles. The van der Waals surface area contributed by atoms with E-state index in [2.05, 4.69) is 33.9 Å². The van der Waals surface area contributed by atoms with E-state index in [0.717, 1.165) is 29.4 Å². The minimum atomic E-state index is -0.811. The average molecular weight is 570 g/mol. The fourth-order valence-corrected chi connectivity index (χ4v) is 4.60. The summed E-state index contributed by atoms with van der Waals surface area (Å²) in [4.78, 5) is 27.2. The maximum Gasteiger partial charge on any atom is 0.434 e. The first-order chi connectivity index (χ1) is 19.0. The van der Waals surface area contributed by atoms with Crippen molar-refractivity contribution in [3.63, 3.8) is 0 Å². The number of carbonyl (C=O) groups is 1. The zero-order valence-electron chi connectivity index (χ0n) is 24.2. The molecule has 0 spiro atoms. The molecule has 0 radical (unpaired) electrons. The summed E-state index contributed by atoms with van der Waals surface area (Å²) in [5.74, 6) is 0.445. The predicted molar refractivity (Wildman–Crippen MR) is 158 cm³/mol. The van der Waals surface area contributed by atoms with Crippen LogP contribution in [0.15, 0.2) is 50.9 Å². The minimum absolute atomic E-state index is 0.121. The van der Waals surface area contributed by atoms with Crippen molar-refractivity contribution in [1.29, 1.82) is 0 Å². The maximum atomic E-state index is 16.2. The first kappa shape index (κ1) is 31.0. The molecule has 9 nitrogen and oxygen atoms in total. The highest BCUT2D eigenvalue weighted by molar-refractivity contribution is 8.15. The highest BCUT2D eigenvalue weighted by Crippen LogP contribution is 2.30. The van der Waals surface area contributed by atoms with Crippen molar-refractivity contribution in [3.8, 4) is 17.1 Å². The summed E-state index contributed by atoms with van der Waals surface area (Å²) >= 11 is 1.16. The summed E-state index contributed by atoms with van der Waals surface area (Å²) < 4.78 is 32.0. The fraction of sp³-hybridized carbons (Fsp3) is 0.414. The summed E-state index contributed by atoms with van der Waals surface area (Å²) in [5, 5.41) is 4.14. The number of methoxy groups -OCH3 is 1. The highest BCUT2D eigenvalue weighted by atomic mass is 32.2. The van der Waals surface area contributed by atoms with Gasteiger partial charge < -0.3 is 18.9 Å². The number of aliphatic imine (C=N–C) groups is 2. The second kappa shape index (κ2) is 13.7. The Morgan fingerprint density at radius 2 is 1.90 bits per heavy atom. The fourth-order valence-electron chi connectivity index (χ4n) is 4.09. The molecule has 0 unspecified atom stereocenters. The highest BCUT2D eigenvalue weighted by Gasteiger charge is 2.25. The number of ether oxygens (including phenoxy) is 2. The van der Waals surface area contributed by atoms with Crippen molar-refractivity contribution in [3.05, 3.63) is 59.2 Å². The molecule has 3 aromatic rings. The predicted octanol–water partition coefficient (Wildman–Crippen LogP) is 6.36. The number of hydrogen-bond donors (Lipinski definition) is 0. The van der Waals surface area contributed by atoms with Crippen molar-refractivity contribution in [2.45, 2.75) is 34.1 Å². The lowest BCUT2D eigenvalue weighted by Crippen LogP contribution is -2.33. The molecule has 0 aliphatic rings. The topological polar surface area (TPSA) is 102 Å². The lowest BCUT2D eigenvalue weighted by molar-refractivity contribution is 0.137. The van der Waals surface area contributed by atoms with Crippen LogP contribution in [-0.4, -0.2) is 72.5 Å². The third-order valence-corrected chi connectivity index (χ3v) is 6.45. The van der Waals surface area contributed by atoms with E-state index in [1.807, 2.05) is 21.0 Å². The van der Waals surface area contributed by atoms with Gasteiger partial charge in [-0.25, -0.2) is 14.2 Å². The molecular formula is C29H36FN5O4S. The zero-order chi connectivity index (χ0) is 29.4. The van der Waals surface area contributed by atoms with E-state index in [1.54, 1.807) is 49.6 Å². The molecule has 1 amide bonds. The van der Waals surface area contributed by atoms with Gasteiger partial charge in [-0.3, -0.25) is 0 Å². The van der Waals surface area contributed by atoms with Gasteiger partial charge in [-0.15, -0.1) is 11.8 Å². The van der Waals surface area contributed by atoms with Crippen molar-refractivity contribution >= 4 is 34.3 Å². The maximum absolute atomic E-state index is 16.2. The molecule has 0 aliphatic heterocycles. The molecule has 0 N–H and O–H groups in total. The number of rotatable bonds is 10. The third-order valence-electron chi connectivity index (χ3n) is 5.78. The number of carbonyl (C=O) groups excluding carboxylic acids is 1. The van der Waals surface area contributed by atoms with Crippen molar-refractivity contribution in [2.24, 2.45) is 15.4 Å². The van der Waals surface area contributed by atoms with E-state index >= 15 is 4.39 Å². The van der Waals surface area contributed by atoms with Crippen molar-refractivity contribution in [2.75, 3.05) is 40.6 Å². The summed E-state index contributed by atoms with van der Waals surface area (Å²) in [6.45, 7) is 8.90. The van der Waals surface area contributed by atoms with E-state index in [1.165, 1.54) is 7.11 Å². The third kappa shape index (κ3) is 8.22. The Bertz CT molecular complexity index is 1380. The van der Waals surface area contributed by atoms with Crippen LogP contribution < -0.4 is 4.74 Å². The van der Waals surface area contributed by atoms with Gasteiger partial charge in [0.05, 0.1) is 19.4 Å². The van der Waals surface area contributed by atoms with Crippen LogP contribution in [0.4, 0.5) is 14.9 Å². The number of nitrogens with zero attached hydrogens (tertiary/aromatic N) is 5. The van der Waals surface area contributed by atoms with Crippen LogP contribution in [0.3, 0.4) is 0 Å². The normalized spacial score (nSPS) is 12.7. The smallest absolute Gasteiger partial charge is 0.434 e. The lowest BCUT2D eigenvalue weighted by atomic mass is 9.94. The van der Waals surface area contributed by atoms with Crippen molar-refractivity contribution in [1.82, 2.24) is 15.0 Å². The van der Waals surface area contributed by atoms with E-state index in [-0.39, 0.29) is 27.5 Å².